The summed E-state index contributed by atoms with van der Waals surface area (Å²) in [6, 6.07) is -0.520. The lowest BCUT2D eigenvalue weighted by Gasteiger charge is -1.96. The van der Waals surface area contributed by atoms with Gasteiger partial charge in [-0.2, -0.15) is 15.4 Å². The molecule has 6 heteroatoms. The minimum absolute atomic E-state index is 0.488. The minimum atomic E-state index is -0.520. The first-order valence-electron chi connectivity index (χ1n) is 3.17. The van der Waals surface area contributed by atoms with Crippen molar-refractivity contribution in [3.63, 3.8) is 0 Å². The number of H-pyrrole nitrogens is 1. The fourth-order valence-electron chi connectivity index (χ4n) is 0.660. The first-order valence-corrected chi connectivity index (χ1v) is 3.17. The highest BCUT2D eigenvalue weighted by atomic mass is 16.2. The van der Waals surface area contributed by atoms with E-state index in [0.29, 0.717) is 13.0 Å². The number of rotatable bonds is 3. The van der Waals surface area contributed by atoms with E-state index >= 15 is 0 Å². The molecule has 6 nitrogen and oxygen atoms in total. The smallest absolute Gasteiger partial charge is 0.312 e. The molecular formula is C5H9N5O. The summed E-state index contributed by atoms with van der Waals surface area (Å²) in [5.41, 5.74) is 5.64. The molecule has 1 aromatic heterocycles. The standard InChI is InChI=1S/C5H9N5O/c6-5(11)7-2-1-4-3-8-10-9-4/h3H,1-2H2,(H3,6,7,11)(H,8,9,10). The van der Waals surface area contributed by atoms with Crippen molar-refractivity contribution in [1.29, 1.82) is 0 Å². The van der Waals surface area contributed by atoms with Gasteiger partial charge in [-0.15, -0.1) is 0 Å². The third-order valence-electron chi connectivity index (χ3n) is 1.15. The zero-order chi connectivity index (χ0) is 8.10. The van der Waals surface area contributed by atoms with Crippen LogP contribution in [0, 0.1) is 0 Å². The number of nitrogens with one attached hydrogen (secondary N) is 2. The fourth-order valence-corrected chi connectivity index (χ4v) is 0.660. The number of hydrogen-bond acceptors (Lipinski definition) is 3. The number of amides is 2. The van der Waals surface area contributed by atoms with Gasteiger partial charge in [-0.25, -0.2) is 4.79 Å². The predicted molar refractivity (Wildman–Crippen MR) is 37.7 cm³/mol. The summed E-state index contributed by atoms with van der Waals surface area (Å²) in [6.45, 7) is 0.488. The van der Waals surface area contributed by atoms with Gasteiger partial charge in [0.15, 0.2) is 0 Å². The van der Waals surface area contributed by atoms with E-state index in [9.17, 15) is 4.79 Å². The number of nitrogens with zero attached hydrogens (tertiary/aromatic N) is 2. The largest absolute Gasteiger partial charge is 0.352 e. The van der Waals surface area contributed by atoms with Crippen LogP contribution >= 0.6 is 0 Å². The van der Waals surface area contributed by atoms with E-state index in [1.165, 1.54) is 0 Å². The van der Waals surface area contributed by atoms with Crippen molar-refractivity contribution in [1.82, 2.24) is 20.7 Å². The van der Waals surface area contributed by atoms with Gasteiger partial charge in [-0.05, 0) is 0 Å². The molecule has 0 fully saturated rings. The molecule has 1 rings (SSSR count). The number of aromatic amines is 1. The van der Waals surface area contributed by atoms with E-state index in [0.717, 1.165) is 5.69 Å². The van der Waals surface area contributed by atoms with Crippen LogP contribution in [0.15, 0.2) is 6.20 Å². The first-order chi connectivity index (χ1) is 5.29. The van der Waals surface area contributed by atoms with Crippen LogP contribution in [0.1, 0.15) is 5.69 Å². The van der Waals surface area contributed by atoms with Gasteiger partial charge in [0.25, 0.3) is 0 Å². The maximum absolute atomic E-state index is 10.2. The van der Waals surface area contributed by atoms with Gasteiger partial charge in [0, 0.05) is 13.0 Å². The van der Waals surface area contributed by atoms with E-state index in [1.807, 2.05) is 0 Å². The molecule has 0 aliphatic rings. The maximum atomic E-state index is 10.2. The summed E-state index contributed by atoms with van der Waals surface area (Å²) < 4.78 is 0. The normalized spacial score (nSPS) is 9.45. The lowest BCUT2D eigenvalue weighted by molar-refractivity contribution is 0.249. The molecule has 1 aromatic rings. The van der Waals surface area contributed by atoms with Crippen molar-refractivity contribution in [2.75, 3.05) is 6.54 Å². The van der Waals surface area contributed by atoms with Crippen molar-refractivity contribution >= 4 is 6.03 Å². The lowest BCUT2D eigenvalue weighted by Crippen LogP contribution is -2.30. The van der Waals surface area contributed by atoms with Crippen molar-refractivity contribution in [3.8, 4) is 0 Å². The summed E-state index contributed by atoms with van der Waals surface area (Å²) in [7, 11) is 0. The molecule has 0 saturated carbocycles. The Morgan fingerprint density at radius 2 is 2.64 bits per heavy atom. The van der Waals surface area contributed by atoms with Crippen LogP contribution in [0.5, 0.6) is 0 Å². The third kappa shape index (κ3) is 2.65. The van der Waals surface area contributed by atoms with Gasteiger partial charge in [-0.3, -0.25) is 0 Å². The number of primary amides is 1. The first kappa shape index (κ1) is 7.52. The van der Waals surface area contributed by atoms with Crippen molar-refractivity contribution in [3.05, 3.63) is 11.9 Å². The number of aromatic nitrogens is 3. The van der Waals surface area contributed by atoms with Crippen molar-refractivity contribution in [2.24, 2.45) is 5.73 Å². The molecule has 1 heterocycles. The number of nitrogens with two attached hydrogens (primary N) is 1. The summed E-state index contributed by atoms with van der Waals surface area (Å²) in [4.78, 5) is 10.2. The number of urea groups is 1. The Morgan fingerprint density at radius 3 is 3.18 bits per heavy atom. The van der Waals surface area contributed by atoms with Crippen molar-refractivity contribution < 1.29 is 4.79 Å². The average molecular weight is 155 g/mol. The van der Waals surface area contributed by atoms with Gasteiger partial charge in [0.2, 0.25) is 0 Å². The number of carbonyl (C=O) groups is 1. The van der Waals surface area contributed by atoms with Gasteiger partial charge in [0.1, 0.15) is 0 Å². The second-order valence-electron chi connectivity index (χ2n) is 2.00. The SMILES string of the molecule is NC(=O)NCCc1cn[nH]n1. The highest BCUT2D eigenvalue weighted by molar-refractivity contribution is 5.71. The maximum Gasteiger partial charge on any atom is 0.312 e. The van der Waals surface area contributed by atoms with Crippen LogP contribution in [0.4, 0.5) is 4.79 Å². The minimum Gasteiger partial charge on any atom is -0.352 e. The summed E-state index contributed by atoms with van der Waals surface area (Å²) in [5, 5.41) is 12.3. The number of hydrogen-bond donors (Lipinski definition) is 3. The van der Waals surface area contributed by atoms with Crippen LogP contribution < -0.4 is 11.1 Å². The fraction of sp³-hybridized carbons (Fsp3) is 0.400. The molecule has 4 N–H and O–H groups in total. The molecule has 0 aromatic carbocycles. The Morgan fingerprint density at radius 1 is 1.82 bits per heavy atom. The summed E-state index contributed by atoms with van der Waals surface area (Å²) in [5.74, 6) is 0. The number of carbonyl (C=O) groups excluding carboxylic acids is 1. The van der Waals surface area contributed by atoms with E-state index < -0.39 is 6.03 Å². The molecule has 0 radical (unpaired) electrons. The predicted octanol–water partition coefficient (Wildman–Crippen LogP) is -0.985. The van der Waals surface area contributed by atoms with Crippen molar-refractivity contribution in [2.45, 2.75) is 6.42 Å². The van der Waals surface area contributed by atoms with Crippen LogP contribution in [-0.2, 0) is 6.42 Å². The van der Waals surface area contributed by atoms with Crippen LogP contribution in [-0.4, -0.2) is 28.0 Å². The second-order valence-corrected chi connectivity index (χ2v) is 2.00. The summed E-state index contributed by atoms with van der Waals surface area (Å²) >= 11 is 0. The quantitative estimate of drug-likeness (QED) is 0.523. The molecule has 0 atom stereocenters. The molecule has 0 aliphatic carbocycles. The molecule has 60 valence electrons. The topological polar surface area (TPSA) is 96.7 Å². The molecule has 11 heavy (non-hydrogen) atoms. The van der Waals surface area contributed by atoms with Crippen LogP contribution in [0.3, 0.4) is 0 Å². The monoisotopic (exact) mass is 155 g/mol. The highest BCUT2D eigenvalue weighted by Gasteiger charge is 1.95. The van der Waals surface area contributed by atoms with Gasteiger partial charge in [0.05, 0.1) is 11.9 Å². The molecule has 0 saturated heterocycles. The Kier molecular flexibility index (Phi) is 2.42. The second kappa shape index (κ2) is 3.55. The van der Waals surface area contributed by atoms with E-state index in [-0.39, 0.29) is 0 Å². The lowest BCUT2D eigenvalue weighted by atomic mass is 10.3. The Bertz CT molecular complexity index is 219. The Balaban J connectivity index is 2.19. The third-order valence-corrected chi connectivity index (χ3v) is 1.15. The molecule has 0 bridgehead atoms. The van der Waals surface area contributed by atoms with E-state index in [2.05, 4.69) is 20.7 Å². The molecule has 0 unspecified atom stereocenters. The van der Waals surface area contributed by atoms with Crippen LogP contribution in [0.25, 0.3) is 0 Å². The van der Waals surface area contributed by atoms with E-state index in [1.54, 1.807) is 6.20 Å². The van der Waals surface area contributed by atoms with E-state index in [4.69, 9.17) is 5.73 Å². The molecule has 0 spiro atoms. The van der Waals surface area contributed by atoms with Gasteiger partial charge < -0.3 is 11.1 Å². The Labute approximate surface area is 63.2 Å². The van der Waals surface area contributed by atoms with Gasteiger partial charge in [-0.1, -0.05) is 0 Å². The Hall–Kier alpha value is -1.59. The molecule has 0 aliphatic heterocycles. The zero-order valence-corrected chi connectivity index (χ0v) is 5.87. The highest BCUT2D eigenvalue weighted by Crippen LogP contribution is 1.87. The van der Waals surface area contributed by atoms with Gasteiger partial charge >= 0.3 is 6.03 Å². The zero-order valence-electron chi connectivity index (χ0n) is 5.87. The average Bonchev–Trinajstić information content (AvgIpc) is 2.39. The molecule has 2 amide bonds. The summed E-state index contributed by atoms with van der Waals surface area (Å²) in [6.07, 6.45) is 2.24. The van der Waals surface area contributed by atoms with Crippen LogP contribution in [0.2, 0.25) is 0 Å². The molecular weight excluding hydrogens is 146 g/mol.